The zero-order valence-corrected chi connectivity index (χ0v) is 11.6. The molecule has 0 aliphatic carbocycles. The van der Waals surface area contributed by atoms with Crippen LogP contribution in [0.3, 0.4) is 0 Å². The van der Waals surface area contributed by atoms with Gasteiger partial charge in [0.05, 0.1) is 24.9 Å². The minimum atomic E-state index is -0.103. The number of anilines is 2. The first-order valence-electron chi connectivity index (χ1n) is 6.37. The highest BCUT2D eigenvalue weighted by Gasteiger charge is 2.07. The van der Waals surface area contributed by atoms with Crippen molar-refractivity contribution in [3.8, 4) is 5.75 Å². The summed E-state index contributed by atoms with van der Waals surface area (Å²) in [7, 11) is 1.57. The van der Waals surface area contributed by atoms with E-state index in [0.717, 1.165) is 5.56 Å². The van der Waals surface area contributed by atoms with Gasteiger partial charge in [-0.05, 0) is 24.6 Å². The molecule has 3 N–H and O–H groups in total. The molecule has 0 aliphatic rings. The number of aryl methyl sites for hydroxylation is 1. The highest BCUT2D eigenvalue weighted by Crippen LogP contribution is 2.24. The summed E-state index contributed by atoms with van der Waals surface area (Å²) in [6.07, 6.45) is 0.316. The van der Waals surface area contributed by atoms with Gasteiger partial charge >= 0.3 is 0 Å². The molecule has 0 fully saturated rings. The van der Waals surface area contributed by atoms with Gasteiger partial charge in [0, 0.05) is 6.07 Å². The van der Waals surface area contributed by atoms with E-state index >= 15 is 0 Å². The van der Waals surface area contributed by atoms with Crippen LogP contribution in [0, 0.1) is 6.92 Å². The van der Waals surface area contributed by atoms with E-state index in [0.29, 0.717) is 23.5 Å². The third kappa shape index (κ3) is 3.51. The summed E-state index contributed by atoms with van der Waals surface area (Å²) in [6, 6.07) is 13.0. The van der Waals surface area contributed by atoms with Crippen molar-refractivity contribution in [3.05, 3.63) is 53.6 Å². The number of carbonyl (C=O) groups is 1. The Hall–Kier alpha value is -2.49. The molecule has 104 valence electrons. The Balaban J connectivity index is 2.06. The Kier molecular flexibility index (Phi) is 4.25. The summed E-state index contributed by atoms with van der Waals surface area (Å²) in [5, 5.41) is 2.80. The van der Waals surface area contributed by atoms with E-state index in [1.165, 1.54) is 5.56 Å². The van der Waals surface area contributed by atoms with Crippen molar-refractivity contribution < 1.29 is 9.53 Å². The van der Waals surface area contributed by atoms with Gasteiger partial charge in [0.2, 0.25) is 5.91 Å². The number of ether oxygens (including phenoxy) is 1. The molecule has 4 heteroatoms. The van der Waals surface area contributed by atoms with Gasteiger partial charge in [-0.2, -0.15) is 0 Å². The average molecular weight is 270 g/mol. The lowest BCUT2D eigenvalue weighted by Gasteiger charge is -2.10. The van der Waals surface area contributed by atoms with E-state index in [1.807, 2.05) is 31.2 Å². The molecule has 0 unspecified atom stereocenters. The number of hydrogen-bond acceptors (Lipinski definition) is 3. The average Bonchev–Trinajstić information content (AvgIpc) is 2.44. The van der Waals surface area contributed by atoms with Crippen molar-refractivity contribution in [2.45, 2.75) is 13.3 Å². The number of nitrogens with one attached hydrogen (secondary N) is 1. The van der Waals surface area contributed by atoms with Crippen LogP contribution in [0.4, 0.5) is 11.4 Å². The number of hydrogen-bond donors (Lipinski definition) is 2. The summed E-state index contributed by atoms with van der Waals surface area (Å²) in [5.41, 5.74) is 9.06. The number of carbonyl (C=O) groups excluding carboxylic acids is 1. The van der Waals surface area contributed by atoms with E-state index in [4.69, 9.17) is 10.5 Å². The number of benzene rings is 2. The number of nitrogen functional groups attached to an aromatic ring is 1. The van der Waals surface area contributed by atoms with Gasteiger partial charge in [-0.25, -0.2) is 0 Å². The maximum atomic E-state index is 12.0. The van der Waals surface area contributed by atoms with Crippen LogP contribution in [0.25, 0.3) is 0 Å². The fourth-order valence-corrected chi connectivity index (χ4v) is 1.86. The fraction of sp³-hybridized carbons (Fsp3) is 0.188. The number of methoxy groups -OCH3 is 1. The number of nitrogens with two attached hydrogens (primary N) is 1. The molecule has 0 atom stereocenters. The van der Waals surface area contributed by atoms with Crippen LogP contribution in [0.5, 0.6) is 5.75 Å². The molecule has 1 amide bonds. The van der Waals surface area contributed by atoms with Crippen molar-refractivity contribution in [2.75, 3.05) is 18.2 Å². The molecule has 2 rings (SSSR count). The summed E-state index contributed by atoms with van der Waals surface area (Å²) in [5.74, 6) is 0.554. The van der Waals surface area contributed by atoms with Crippen molar-refractivity contribution in [2.24, 2.45) is 0 Å². The van der Waals surface area contributed by atoms with E-state index in [1.54, 1.807) is 25.3 Å². The molecule has 0 radical (unpaired) electrons. The Labute approximate surface area is 118 Å². The predicted molar refractivity (Wildman–Crippen MR) is 80.9 cm³/mol. The second-order valence-electron chi connectivity index (χ2n) is 4.66. The van der Waals surface area contributed by atoms with Crippen LogP contribution in [0.2, 0.25) is 0 Å². The van der Waals surface area contributed by atoms with Crippen molar-refractivity contribution in [1.82, 2.24) is 0 Å². The Morgan fingerprint density at radius 2 is 1.90 bits per heavy atom. The summed E-state index contributed by atoms with van der Waals surface area (Å²) in [4.78, 5) is 12.0. The van der Waals surface area contributed by atoms with E-state index in [9.17, 15) is 4.79 Å². The standard InChI is InChI=1S/C16H18N2O2/c1-11-3-5-12(6-4-11)9-16(19)18-15-10-13(20-2)7-8-14(15)17/h3-8,10H,9,17H2,1-2H3,(H,18,19). The van der Waals surface area contributed by atoms with E-state index in [2.05, 4.69) is 5.32 Å². The van der Waals surface area contributed by atoms with Crippen LogP contribution in [0.15, 0.2) is 42.5 Å². The SMILES string of the molecule is COc1ccc(N)c(NC(=O)Cc2ccc(C)cc2)c1. The van der Waals surface area contributed by atoms with Crippen LogP contribution < -0.4 is 15.8 Å². The number of amides is 1. The summed E-state index contributed by atoms with van der Waals surface area (Å²) in [6.45, 7) is 2.01. The first-order chi connectivity index (χ1) is 9.58. The van der Waals surface area contributed by atoms with Gasteiger partial charge in [-0.3, -0.25) is 4.79 Å². The van der Waals surface area contributed by atoms with Crippen LogP contribution in [-0.2, 0) is 11.2 Å². The lowest BCUT2D eigenvalue weighted by molar-refractivity contribution is -0.115. The largest absolute Gasteiger partial charge is 0.497 e. The van der Waals surface area contributed by atoms with E-state index < -0.39 is 0 Å². The second kappa shape index (κ2) is 6.10. The van der Waals surface area contributed by atoms with E-state index in [-0.39, 0.29) is 5.91 Å². The highest BCUT2D eigenvalue weighted by atomic mass is 16.5. The number of rotatable bonds is 4. The van der Waals surface area contributed by atoms with Crippen LogP contribution in [-0.4, -0.2) is 13.0 Å². The third-order valence-corrected chi connectivity index (χ3v) is 3.02. The molecule has 2 aromatic rings. The highest BCUT2D eigenvalue weighted by molar-refractivity contribution is 5.95. The Morgan fingerprint density at radius 3 is 2.55 bits per heavy atom. The first kappa shape index (κ1) is 13.9. The molecule has 0 saturated heterocycles. The zero-order chi connectivity index (χ0) is 14.5. The fourth-order valence-electron chi connectivity index (χ4n) is 1.86. The maximum absolute atomic E-state index is 12.0. The maximum Gasteiger partial charge on any atom is 0.228 e. The van der Waals surface area contributed by atoms with Gasteiger partial charge in [0.15, 0.2) is 0 Å². The smallest absolute Gasteiger partial charge is 0.228 e. The molecule has 0 heterocycles. The normalized spacial score (nSPS) is 10.1. The molecule has 20 heavy (non-hydrogen) atoms. The Morgan fingerprint density at radius 1 is 1.20 bits per heavy atom. The third-order valence-electron chi connectivity index (χ3n) is 3.02. The lowest BCUT2D eigenvalue weighted by Crippen LogP contribution is -2.15. The summed E-state index contributed by atoms with van der Waals surface area (Å²) < 4.78 is 5.12. The van der Waals surface area contributed by atoms with Crippen LogP contribution >= 0.6 is 0 Å². The molecule has 0 aromatic heterocycles. The molecule has 4 nitrogen and oxygen atoms in total. The van der Waals surface area contributed by atoms with Crippen molar-refractivity contribution >= 4 is 17.3 Å². The molecular weight excluding hydrogens is 252 g/mol. The van der Waals surface area contributed by atoms with Gasteiger partial charge in [0.25, 0.3) is 0 Å². The topological polar surface area (TPSA) is 64.3 Å². The minimum Gasteiger partial charge on any atom is -0.497 e. The molecule has 2 aromatic carbocycles. The molecular formula is C16H18N2O2. The predicted octanol–water partition coefficient (Wildman–Crippen LogP) is 2.77. The van der Waals surface area contributed by atoms with Gasteiger partial charge in [0.1, 0.15) is 5.75 Å². The van der Waals surface area contributed by atoms with Gasteiger partial charge < -0.3 is 15.8 Å². The van der Waals surface area contributed by atoms with Crippen molar-refractivity contribution in [3.63, 3.8) is 0 Å². The first-order valence-corrected chi connectivity index (χ1v) is 6.37. The summed E-state index contributed by atoms with van der Waals surface area (Å²) >= 11 is 0. The van der Waals surface area contributed by atoms with Gasteiger partial charge in [-0.1, -0.05) is 29.8 Å². The van der Waals surface area contributed by atoms with Gasteiger partial charge in [-0.15, -0.1) is 0 Å². The second-order valence-corrected chi connectivity index (χ2v) is 4.66. The molecule has 0 bridgehead atoms. The minimum absolute atomic E-state index is 0.103. The molecule has 0 aliphatic heterocycles. The monoisotopic (exact) mass is 270 g/mol. The lowest BCUT2D eigenvalue weighted by atomic mass is 10.1. The van der Waals surface area contributed by atoms with Crippen LogP contribution in [0.1, 0.15) is 11.1 Å². The molecule has 0 spiro atoms. The zero-order valence-electron chi connectivity index (χ0n) is 11.6. The quantitative estimate of drug-likeness (QED) is 0.840. The van der Waals surface area contributed by atoms with Crippen molar-refractivity contribution in [1.29, 1.82) is 0 Å². The Bertz CT molecular complexity index is 606. The molecule has 0 saturated carbocycles.